The summed E-state index contributed by atoms with van der Waals surface area (Å²) in [5.74, 6) is 0.0161. The third-order valence-corrected chi connectivity index (χ3v) is 4.25. The quantitative estimate of drug-likeness (QED) is 0.912. The fourth-order valence-corrected chi connectivity index (χ4v) is 2.66. The van der Waals surface area contributed by atoms with Crippen LogP contribution in [0.15, 0.2) is 24.3 Å². The van der Waals surface area contributed by atoms with Crippen LogP contribution < -0.4 is 5.32 Å². The molecule has 0 aromatic heterocycles. The molecule has 4 heteroatoms. The van der Waals surface area contributed by atoms with Gasteiger partial charge in [-0.15, -0.1) is 0 Å². The van der Waals surface area contributed by atoms with Crippen molar-refractivity contribution in [3.8, 4) is 6.07 Å². The summed E-state index contributed by atoms with van der Waals surface area (Å²) in [6.07, 6.45) is 1.42. The monoisotopic (exact) mass is 272 g/mol. The summed E-state index contributed by atoms with van der Waals surface area (Å²) in [4.78, 5) is 12.0. The Balaban J connectivity index is 1.89. The summed E-state index contributed by atoms with van der Waals surface area (Å²) >= 11 is 0. The number of hydrogen-bond acceptors (Lipinski definition) is 3. The largest absolute Gasteiger partial charge is 0.381 e. The first kappa shape index (κ1) is 14.5. The maximum Gasteiger partial charge on any atom is 0.224 e. The van der Waals surface area contributed by atoms with E-state index >= 15 is 0 Å². The normalized spacial score (nSPS) is 23.5. The van der Waals surface area contributed by atoms with Crippen molar-refractivity contribution in [3.63, 3.8) is 0 Å². The highest BCUT2D eigenvalue weighted by Crippen LogP contribution is 2.42. The van der Waals surface area contributed by atoms with Crippen molar-refractivity contribution in [2.24, 2.45) is 5.41 Å². The molecule has 1 aromatic carbocycles. The zero-order valence-electron chi connectivity index (χ0n) is 12.1. The third-order valence-electron chi connectivity index (χ3n) is 4.25. The molecule has 0 aliphatic heterocycles. The first-order valence-electron chi connectivity index (χ1n) is 6.78. The first-order valence-corrected chi connectivity index (χ1v) is 6.78. The van der Waals surface area contributed by atoms with E-state index < -0.39 is 0 Å². The van der Waals surface area contributed by atoms with E-state index in [-0.39, 0.29) is 23.5 Å². The second kappa shape index (κ2) is 5.64. The predicted octanol–water partition coefficient (Wildman–Crippen LogP) is 2.03. The molecule has 0 bridgehead atoms. The van der Waals surface area contributed by atoms with E-state index in [0.717, 1.165) is 12.0 Å². The number of carbonyl (C=O) groups excluding carboxylic acids is 1. The molecule has 20 heavy (non-hydrogen) atoms. The van der Waals surface area contributed by atoms with Crippen molar-refractivity contribution in [1.29, 1.82) is 5.26 Å². The molecule has 1 N–H and O–H groups in total. The molecule has 1 aliphatic rings. The molecule has 1 aromatic rings. The SMILES string of the molecule is COC1CC(NC(=O)Cc2ccc(C#N)cc2)C1(C)C. The molecule has 106 valence electrons. The lowest BCUT2D eigenvalue weighted by atomic mass is 9.64. The van der Waals surface area contributed by atoms with Crippen LogP contribution in [-0.4, -0.2) is 25.2 Å². The molecule has 0 spiro atoms. The zero-order chi connectivity index (χ0) is 14.8. The topological polar surface area (TPSA) is 62.1 Å². The summed E-state index contributed by atoms with van der Waals surface area (Å²) < 4.78 is 5.38. The Morgan fingerprint density at radius 1 is 1.45 bits per heavy atom. The number of carbonyl (C=O) groups is 1. The van der Waals surface area contributed by atoms with Crippen molar-refractivity contribution in [1.82, 2.24) is 5.32 Å². The van der Waals surface area contributed by atoms with E-state index in [2.05, 4.69) is 25.2 Å². The van der Waals surface area contributed by atoms with Crippen LogP contribution in [0, 0.1) is 16.7 Å². The Hall–Kier alpha value is -1.86. The first-order chi connectivity index (χ1) is 9.47. The third kappa shape index (κ3) is 2.83. The fraction of sp³-hybridized carbons (Fsp3) is 0.500. The number of benzene rings is 1. The van der Waals surface area contributed by atoms with E-state index in [9.17, 15) is 4.79 Å². The molecular weight excluding hydrogens is 252 g/mol. The van der Waals surface area contributed by atoms with E-state index in [1.165, 1.54) is 0 Å². The lowest BCUT2D eigenvalue weighted by Crippen LogP contribution is -2.62. The average Bonchev–Trinajstić information content (AvgIpc) is 2.43. The number of nitrogens with one attached hydrogen (secondary N) is 1. The van der Waals surface area contributed by atoms with Gasteiger partial charge >= 0.3 is 0 Å². The molecule has 1 aliphatic carbocycles. The molecule has 0 radical (unpaired) electrons. The standard InChI is InChI=1S/C16H20N2O2/c1-16(2)13(9-14(16)20-3)18-15(19)8-11-4-6-12(10-17)7-5-11/h4-7,13-14H,8-9H2,1-3H3,(H,18,19). The molecule has 1 fully saturated rings. The van der Waals surface area contributed by atoms with Gasteiger partial charge in [0.25, 0.3) is 0 Å². The highest BCUT2D eigenvalue weighted by atomic mass is 16.5. The van der Waals surface area contributed by atoms with Gasteiger partial charge in [0, 0.05) is 18.6 Å². The van der Waals surface area contributed by atoms with Crippen molar-refractivity contribution >= 4 is 5.91 Å². The second-order valence-electron chi connectivity index (χ2n) is 5.89. The van der Waals surface area contributed by atoms with Crippen LogP contribution in [0.3, 0.4) is 0 Å². The van der Waals surface area contributed by atoms with Gasteiger partial charge in [-0.25, -0.2) is 0 Å². The number of amides is 1. The molecule has 2 rings (SSSR count). The molecule has 0 heterocycles. The maximum absolute atomic E-state index is 12.0. The highest BCUT2D eigenvalue weighted by Gasteiger charge is 2.49. The zero-order valence-corrected chi connectivity index (χ0v) is 12.1. The molecule has 0 saturated heterocycles. The Bertz CT molecular complexity index is 528. The van der Waals surface area contributed by atoms with E-state index in [1.807, 2.05) is 12.1 Å². The van der Waals surface area contributed by atoms with Gasteiger partial charge in [0.05, 0.1) is 24.2 Å². The smallest absolute Gasteiger partial charge is 0.224 e. The summed E-state index contributed by atoms with van der Waals surface area (Å²) in [7, 11) is 1.71. The summed E-state index contributed by atoms with van der Waals surface area (Å²) in [6.45, 7) is 4.22. The Morgan fingerprint density at radius 3 is 2.60 bits per heavy atom. The summed E-state index contributed by atoms with van der Waals surface area (Å²) in [6, 6.07) is 9.34. The molecule has 2 unspecified atom stereocenters. The van der Waals surface area contributed by atoms with Crippen LogP contribution in [0.4, 0.5) is 0 Å². The van der Waals surface area contributed by atoms with Gasteiger partial charge in [-0.2, -0.15) is 5.26 Å². The molecular formula is C16H20N2O2. The van der Waals surface area contributed by atoms with Crippen LogP contribution in [0.5, 0.6) is 0 Å². The molecule has 4 nitrogen and oxygen atoms in total. The van der Waals surface area contributed by atoms with Gasteiger partial charge in [0.2, 0.25) is 5.91 Å². The minimum Gasteiger partial charge on any atom is -0.381 e. The van der Waals surface area contributed by atoms with Crippen LogP contribution in [0.1, 0.15) is 31.4 Å². The van der Waals surface area contributed by atoms with Gasteiger partial charge in [-0.05, 0) is 24.1 Å². The second-order valence-corrected chi connectivity index (χ2v) is 5.89. The predicted molar refractivity (Wildman–Crippen MR) is 76.0 cm³/mol. The van der Waals surface area contributed by atoms with Crippen molar-refractivity contribution in [2.45, 2.75) is 38.8 Å². The Morgan fingerprint density at radius 2 is 2.10 bits per heavy atom. The van der Waals surface area contributed by atoms with Crippen LogP contribution in [-0.2, 0) is 16.0 Å². The van der Waals surface area contributed by atoms with E-state index in [4.69, 9.17) is 10.00 Å². The van der Waals surface area contributed by atoms with Crippen molar-refractivity contribution in [2.75, 3.05) is 7.11 Å². The lowest BCUT2D eigenvalue weighted by molar-refractivity contribution is -0.132. The van der Waals surface area contributed by atoms with Crippen LogP contribution in [0.2, 0.25) is 0 Å². The Kier molecular flexibility index (Phi) is 4.10. The van der Waals surface area contributed by atoms with Gasteiger partial charge in [0.1, 0.15) is 0 Å². The maximum atomic E-state index is 12.0. The minimum atomic E-state index is -0.0188. The van der Waals surface area contributed by atoms with Gasteiger partial charge < -0.3 is 10.1 Å². The van der Waals surface area contributed by atoms with E-state index in [1.54, 1.807) is 19.2 Å². The number of rotatable bonds is 4. The minimum absolute atomic E-state index is 0.0161. The Labute approximate surface area is 119 Å². The molecule has 1 saturated carbocycles. The molecule has 2 atom stereocenters. The number of ether oxygens (including phenoxy) is 1. The summed E-state index contributed by atoms with van der Waals surface area (Å²) in [5.41, 5.74) is 1.51. The molecule has 1 amide bonds. The van der Waals surface area contributed by atoms with Gasteiger partial charge in [-0.3, -0.25) is 4.79 Å². The number of nitrogens with zero attached hydrogens (tertiary/aromatic N) is 1. The van der Waals surface area contributed by atoms with Crippen LogP contribution >= 0.6 is 0 Å². The lowest BCUT2D eigenvalue weighted by Gasteiger charge is -2.51. The number of nitriles is 1. The summed E-state index contributed by atoms with van der Waals surface area (Å²) in [5, 5.41) is 11.8. The van der Waals surface area contributed by atoms with Crippen LogP contribution in [0.25, 0.3) is 0 Å². The fourth-order valence-electron chi connectivity index (χ4n) is 2.66. The average molecular weight is 272 g/mol. The van der Waals surface area contributed by atoms with Crippen molar-refractivity contribution in [3.05, 3.63) is 35.4 Å². The van der Waals surface area contributed by atoms with Crippen molar-refractivity contribution < 1.29 is 9.53 Å². The number of methoxy groups -OCH3 is 1. The van der Waals surface area contributed by atoms with Gasteiger partial charge in [-0.1, -0.05) is 26.0 Å². The van der Waals surface area contributed by atoms with Gasteiger partial charge in [0.15, 0.2) is 0 Å². The highest BCUT2D eigenvalue weighted by molar-refractivity contribution is 5.79. The van der Waals surface area contributed by atoms with E-state index in [0.29, 0.717) is 12.0 Å². The number of hydrogen-bond donors (Lipinski definition) is 1.